The topological polar surface area (TPSA) is 91.5 Å². The maximum atomic E-state index is 10.9. The first kappa shape index (κ1) is 13.8. The molecule has 3 atom stereocenters. The number of carbonyl (C=O) groups is 1. The summed E-state index contributed by atoms with van der Waals surface area (Å²) in [6, 6.07) is -0.00356. The summed E-state index contributed by atoms with van der Waals surface area (Å²) in [5.41, 5.74) is 6.01. The smallest absolute Gasteiger partial charge is 0.326 e. The minimum absolute atomic E-state index is 0.426. The van der Waals surface area contributed by atoms with Crippen molar-refractivity contribution in [2.75, 3.05) is 18.4 Å². The summed E-state index contributed by atoms with van der Waals surface area (Å²) in [6.07, 6.45) is 4.97. The van der Waals surface area contributed by atoms with Crippen LogP contribution in [0.4, 0.5) is 5.13 Å². The zero-order chi connectivity index (χ0) is 14.1. The molecule has 2 aliphatic heterocycles. The van der Waals surface area contributed by atoms with Crippen molar-refractivity contribution < 1.29 is 9.90 Å². The Morgan fingerprint density at radius 1 is 1.50 bits per heavy atom. The van der Waals surface area contributed by atoms with Gasteiger partial charge >= 0.3 is 5.97 Å². The van der Waals surface area contributed by atoms with Gasteiger partial charge in [-0.2, -0.15) is 0 Å². The van der Waals surface area contributed by atoms with Crippen molar-refractivity contribution in [2.45, 2.75) is 43.8 Å². The van der Waals surface area contributed by atoms with Gasteiger partial charge in [-0.05, 0) is 25.8 Å². The van der Waals surface area contributed by atoms with E-state index < -0.39 is 12.0 Å². The Hall–Kier alpha value is -1.18. The molecule has 2 saturated heterocycles. The zero-order valence-corrected chi connectivity index (χ0v) is 12.1. The number of anilines is 1. The molecule has 0 radical (unpaired) electrons. The number of hydrogen-bond donors (Lipinski definition) is 3. The third-order valence-electron chi connectivity index (χ3n) is 4.27. The number of nitrogens with zero attached hydrogens (tertiary/aromatic N) is 2. The molecule has 6 nitrogen and oxygen atoms in total. The van der Waals surface area contributed by atoms with E-state index in [2.05, 4.69) is 15.2 Å². The number of aromatic nitrogens is 1. The van der Waals surface area contributed by atoms with Gasteiger partial charge < -0.3 is 16.2 Å². The highest BCUT2D eigenvalue weighted by Crippen LogP contribution is 2.30. The van der Waals surface area contributed by atoms with Crippen LogP contribution in [0.5, 0.6) is 0 Å². The second-order valence-corrected chi connectivity index (χ2v) is 6.39. The molecule has 0 bridgehead atoms. The van der Waals surface area contributed by atoms with E-state index in [1.165, 1.54) is 37.1 Å². The van der Waals surface area contributed by atoms with Crippen LogP contribution < -0.4 is 11.1 Å². The maximum Gasteiger partial charge on any atom is 0.326 e. The van der Waals surface area contributed by atoms with Crippen LogP contribution in [0.1, 0.15) is 37.4 Å². The largest absolute Gasteiger partial charge is 0.480 e. The molecule has 110 valence electrons. The molecule has 0 amide bonds. The van der Waals surface area contributed by atoms with Gasteiger partial charge in [-0.3, -0.25) is 9.69 Å². The van der Waals surface area contributed by atoms with Crippen molar-refractivity contribution in [1.29, 1.82) is 0 Å². The quantitative estimate of drug-likeness (QED) is 0.775. The first-order valence-electron chi connectivity index (χ1n) is 7.09. The summed E-state index contributed by atoms with van der Waals surface area (Å²) in [4.78, 5) is 17.7. The summed E-state index contributed by atoms with van der Waals surface area (Å²) >= 11 is 1.44. The van der Waals surface area contributed by atoms with Crippen molar-refractivity contribution in [3.8, 4) is 0 Å². The minimum atomic E-state index is -1.04. The van der Waals surface area contributed by atoms with Gasteiger partial charge in [0.1, 0.15) is 6.04 Å². The molecule has 0 spiro atoms. The average Bonchev–Trinajstić information content (AvgIpc) is 3.06. The summed E-state index contributed by atoms with van der Waals surface area (Å²) < 4.78 is 0. The minimum Gasteiger partial charge on any atom is -0.480 e. The van der Waals surface area contributed by atoms with E-state index in [1.807, 2.05) is 0 Å². The predicted octanol–water partition coefficient (Wildman–Crippen LogP) is 1.27. The number of aliphatic carboxylic acids is 1. The van der Waals surface area contributed by atoms with Crippen molar-refractivity contribution in [2.24, 2.45) is 5.73 Å². The molecule has 7 heteroatoms. The number of rotatable bonds is 4. The van der Waals surface area contributed by atoms with Crippen LogP contribution in [0.3, 0.4) is 0 Å². The molecule has 0 saturated carbocycles. The van der Waals surface area contributed by atoms with E-state index in [0.29, 0.717) is 17.8 Å². The third-order valence-corrected chi connectivity index (χ3v) is 5.06. The number of hydrogen-bond acceptors (Lipinski definition) is 6. The Bertz CT molecular complexity index is 492. The lowest BCUT2D eigenvalue weighted by atomic mass is 9.99. The van der Waals surface area contributed by atoms with E-state index in [1.54, 1.807) is 5.38 Å². The molecule has 3 heterocycles. The molecule has 2 aliphatic rings. The summed E-state index contributed by atoms with van der Waals surface area (Å²) in [5, 5.41) is 14.9. The van der Waals surface area contributed by atoms with Gasteiger partial charge in [0, 0.05) is 24.0 Å². The normalized spacial score (nSPS) is 28.1. The van der Waals surface area contributed by atoms with E-state index >= 15 is 0 Å². The summed E-state index contributed by atoms with van der Waals surface area (Å²) in [6.45, 7) is 2.35. The fourth-order valence-electron chi connectivity index (χ4n) is 3.20. The molecule has 1 aromatic heterocycles. The third kappa shape index (κ3) is 2.65. The average molecular weight is 296 g/mol. The number of nitrogens with two attached hydrogens (primary N) is 1. The summed E-state index contributed by atoms with van der Waals surface area (Å²) in [7, 11) is 0. The second-order valence-electron chi connectivity index (χ2n) is 5.53. The van der Waals surface area contributed by atoms with Crippen molar-refractivity contribution >= 4 is 22.4 Å². The number of carboxylic acid groups (broad SMARTS) is 1. The van der Waals surface area contributed by atoms with Crippen molar-refractivity contribution in [3.05, 3.63) is 11.1 Å². The molecule has 4 N–H and O–H groups in total. The van der Waals surface area contributed by atoms with Crippen molar-refractivity contribution in [1.82, 2.24) is 9.88 Å². The highest BCUT2D eigenvalue weighted by atomic mass is 32.1. The fourth-order valence-corrected chi connectivity index (χ4v) is 4.01. The number of piperidine rings is 1. The molecule has 0 aromatic carbocycles. The van der Waals surface area contributed by atoms with E-state index in [9.17, 15) is 4.79 Å². The van der Waals surface area contributed by atoms with Crippen LogP contribution in [-0.4, -0.2) is 46.1 Å². The summed E-state index contributed by atoms with van der Waals surface area (Å²) in [5.74, 6) is -1.04. The monoisotopic (exact) mass is 296 g/mol. The van der Waals surface area contributed by atoms with Crippen LogP contribution in [0.15, 0.2) is 5.38 Å². The number of carboxylic acids is 1. The number of thiazole rings is 1. The predicted molar refractivity (Wildman–Crippen MR) is 77.9 cm³/mol. The Morgan fingerprint density at radius 2 is 2.35 bits per heavy atom. The fraction of sp³-hybridized carbons (Fsp3) is 0.692. The lowest BCUT2D eigenvalue weighted by molar-refractivity contribution is -0.138. The Morgan fingerprint density at radius 3 is 3.15 bits per heavy atom. The molecule has 20 heavy (non-hydrogen) atoms. The van der Waals surface area contributed by atoms with Crippen LogP contribution in [-0.2, 0) is 4.79 Å². The van der Waals surface area contributed by atoms with Crippen molar-refractivity contribution in [3.63, 3.8) is 0 Å². The van der Waals surface area contributed by atoms with Crippen LogP contribution in [0.2, 0.25) is 0 Å². The molecular weight excluding hydrogens is 276 g/mol. The van der Waals surface area contributed by atoms with Gasteiger partial charge in [0.15, 0.2) is 5.13 Å². The van der Waals surface area contributed by atoms with E-state index in [0.717, 1.165) is 18.1 Å². The highest BCUT2D eigenvalue weighted by molar-refractivity contribution is 7.13. The van der Waals surface area contributed by atoms with Gasteiger partial charge in [-0.15, -0.1) is 11.3 Å². The first-order valence-corrected chi connectivity index (χ1v) is 7.97. The Labute approximate surface area is 122 Å². The van der Waals surface area contributed by atoms with E-state index in [4.69, 9.17) is 10.8 Å². The van der Waals surface area contributed by atoms with Gasteiger partial charge in [0.2, 0.25) is 0 Å². The molecular formula is C13H20N4O2S. The van der Waals surface area contributed by atoms with Crippen LogP contribution in [0.25, 0.3) is 0 Å². The lowest BCUT2D eigenvalue weighted by Gasteiger charge is -2.32. The SMILES string of the molecule is NC(C(=O)O)c1csc(NC2CCN3CCCCC23)n1. The first-order chi connectivity index (χ1) is 9.65. The van der Waals surface area contributed by atoms with Gasteiger partial charge in [-0.1, -0.05) is 6.42 Å². The number of nitrogens with one attached hydrogen (secondary N) is 1. The van der Waals surface area contributed by atoms with Crippen LogP contribution in [0, 0.1) is 0 Å². The second kappa shape index (κ2) is 5.67. The van der Waals surface area contributed by atoms with Gasteiger partial charge in [0.05, 0.1) is 5.69 Å². The van der Waals surface area contributed by atoms with Crippen LogP contribution >= 0.6 is 11.3 Å². The van der Waals surface area contributed by atoms with Gasteiger partial charge in [-0.25, -0.2) is 4.98 Å². The molecule has 3 unspecified atom stereocenters. The molecule has 2 fully saturated rings. The van der Waals surface area contributed by atoms with Gasteiger partial charge in [0.25, 0.3) is 0 Å². The standard InChI is InChI=1S/C13H20N4O2S/c14-11(12(18)19)9-7-20-13(16-9)15-8-4-6-17-5-2-1-3-10(8)17/h7-8,10-11H,1-6,14H2,(H,15,16)(H,18,19). The Balaban J connectivity index is 1.65. The zero-order valence-electron chi connectivity index (χ0n) is 11.3. The Kier molecular flexibility index (Phi) is 3.91. The molecule has 0 aliphatic carbocycles. The number of fused-ring (bicyclic) bond motifs is 1. The molecule has 1 aromatic rings. The van der Waals surface area contributed by atoms with E-state index in [-0.39, 0.29) is 0 Å². The highest BCUT2D eigenvalue weighted by Gasteiger charge is 2.35. The lowest BCUT2D eigenvalue weighted by Crippen LogP contribution is -2.41. The molecule has 3 rings (SSSR count). The maximum absolute atomic E-state index is 10.9.